The molecule has 2 aromatic rings. The summed E-state index contributed by atoms with van der Waals surface area (Å²) < 4.78 is 42.1. The highest BCUT2D eigenvalue weighted by atomic mass is 32.2. The first kappa shape index (κ1) is 21.1. The number of piperidine rings is 1. The zero-order chi connectivity index (χ0) is 21.0. The summed E-state index contributed by atoms with van der Waals surface area (Å²) >= 11 is 0. The molecule has 1 atom stereocenters. The Morgan fingerprint density at radius 1 is 1.10 bits per heavy atom. The minimum atomic E-state index is -3.59. The van der Waals surface area contributed by atoms with Gasteiger partial charge < -0.3 is 13.9 Å². The summed E-state index contributed by atoms with van der Waals surface area (Å²) in [6, 6.07) is 8.56. The van der Waals surface area contributed by atoms with Gasteiger partial charge in [0.2, 0.25) is 15.8 Å². The Morgan fingerprint density at radius 2 is 1.83 bits per heavy atom. The van der Waals surface area contributed by atoms with Crippen molar-refractivity contribution in [1.82, 2.24) is 4.31 Å². The average Bonchev–Trinajstić information content (AvgIpc) is 3.21. The molecule has 1 saturated heterocycles. The second kappa shape index (κ2) is 8.79. The minimum absolute atomic E-state index is 0.0139. The van der Waals surface area contributed by atoms with Crippen LogP contribution >= 0.6 is 0 Å². The van der Waals surface area contributed by atoms with E-state index in [1.165, 1.54) is 47.8 Å². The van der Waals surface area contributed by atoms with Gasteiger partial charge in [-0.25, -0.2) is 18.0 Å². The molecule has 8 nitrogen and oxygen atoms in total. The number of esters is 2. The third-order valence-corrected chi connectivity index (χ3v) is 6.86. The molecule has 1 aliphatic rings. The van der Waals surface area contributed by atoms with Gasteiger partial charge in [-0.05, 0) is 56.2 Å². The quantitative estimate of drug-likeness (QED) is 0.661. The normalized spacial score (nSPS) is 17.7. The van der Waals surface area contributed by atoms with Gasteiger partial charge in [0.15, 0.2) is 0 Å². The van der Waals surface area contributed by atoms with Gasteiger partial charge in [-0.15, -0.1) is 0 Å². The smallest absolute Gasteiger partial charge is 0.373 e. The van der Waals surface area contributed by atoms with Crippen molar-refractivity contribution in [2.24, 2.45) is 0 Å². The number of hydrogen-bond acceptors (Lipinski definition) is 7. The van der Waals surface area contributed by atoms with Gasteiger partial charge in [-0.3, -0.25) is 0 Å². The maximum Gasteiger partial charge on any atom is 0.373 e. The van der Waals surface area contributed by atoms with Crippen molar-refractivity contribution >= 4 is 22.0 Å². The molecule has 0 radical (unpaired) electrons. The largest absolute Gasteiger partial charge is 0.463 e. The molecule has 0 amide bonds. The lowest BCUT2D eigenvalue weighted by atomic mass is 10.1. The molecule has 1 fully saturated rings. The molecule has 3 rings (SSSR count). The van der Waals surface area contributed by atoms with Crippen molar-refractivity contribution < 1.29 is 31.9 Å². The Balaban J connectivity index is 1.64. The number of carbonyl (C=O) groups is 2. The monoisotopic (exact) mass is 421 g/mol. The van der Waals surface area contributed by atoms with E-state index in [-0.39, 0.29) is 34.6 Å². The SMILES string of the molecule is COC(=O)c1ccc(COC(=O)c2ccc(S(=O)(=O)N3CCCC[C@H]3C)cc2)o1. The van der Waals surface area contributed by atoms with Crippen molar-refractivity contribution in [2.45, 2.75) is 43.7 Å². The maximum atomic E-state index is 12.8. The number of sulfonamides is 1. The second-order valence-corrected chi connectivity index (χ2v) is 8.71. The average molecular weight is 421 g/mol. The van der Waals surface area contributed by atoms with Crippen LogP contribution in [0.2, 0.25) is 0 Å². The summed E-state index contributed by atoms with van der Waals surface area (Å²) in [5.74, 6) is -0.948. The Kier molecular flexibility index (Phi) is 6.39. The van der Waals surface area contributed by atoms with Crippen LogP contribution in [-0.4, -0.2) is 44.4 Å². The first-order valence-electron chi connectivity index (χ1n) is 9.29. The number of rotatable bonds is 6. The Morgan fingerprint density at radius 3 is 2.48 bits per heavy atom. The van der Waals surface area contributed by atoms with E-state index < -0.39 is 22.0 Å². The third kappa shape index (κ3) is 4.68. The summed E-state index contributed by atoms with van der Waals surface area (Å²) in [5, 5.41) is 0. The van der Waals surface area contributed by atoms with Crippen LogP contribution in [-0.2, 0) is 26.1 Å². The number of furan rings is 1. The van der Waals surface area contributed by atoms with E-state index in [1.54, 1.807) is 0 Å². The minimum Gasteiger partial charge on any atom is -0.463 e. The van der Waals surface area contributed by atoms with Crippen LogP contribution in [0.25, 0.3) is 0 Å². The molecule has 0 bridgehead atoms. The fraction of sp³-hybridized carbons (Fsp3) is 0.400. The van der Waals surface area contributed by atoms with Crippen molar-refractivity contribution in [3.05, 3.63) is 53.5 Å². The molecule has 0 saturated carbocycles. The molecule has 0 aliphatic carbocycles. The number of nitrogens with zero attached hydrogens (tertiary/aromatic N) is 1. The summed E-state index contributed by atoms with van der Waals surface area (Å²) in [4.78, 5) is 23.7. The van der Waals surface area contributed by atoms with Gasteiger partial charge in [-0.2, -0.15) is 4.31 Å². The number of benzene rings is 1. The lowest BCUT2D eigenvalue weighted by Gasteiger charge is -2.32. The summed E-state index contributed by atoms with van der Waals surface area (Å²) in [6.45, 7) is 2.24. The highest BCUT2D eigenvalue weighted by Crippen LogP contribution is 2.25. The lowest BCUT2D eigenvalue weighted by Crippen LogP contribution is -2.41. The maximum absolute atomic E-state index is 12.8. The second-order valence-electron chi connectivity index (χ2n) is 6.82. The van der Waals surface area contributed by atoms with E-state index in [1.807, 2.05) is 6.92 Å². The van der Waals surface area contributed by atoms with E-state index in [0.29, 0.717) is 6.54 Å². The summed E-state index contributed by atoms with van der Waals surface area (Å²) in [7, 11) is -2.36. The van der Waals surface area contributed by atoms with Gasteiger partial charge >= 0.3 is 11.9 Å². The highest BCUT2D eigenvalue weighted by molar-refractivity contribution is 7.89. The van der Waals surface area contributed by atoms with Gasteiger partial charge in [0, 0.05) is 12.6 Å². The topological polar surface area (TPSA) is 103 Å². The molecular weight excluding hydrogens is 398 g/mol. The fourth-order valence-electron chi connectivity index (χ4n) is 3.21. The van der Waals surface area contributed by atoms with Crippen LogP contribution in [0.4, 0.5) is 0 Å². The zero-order valence-electron chi connectivity index (χ0n) is 16.3. The van der Waals surface area contributed by atoms with Crippen LogP contribution in [0.3, 0.4) is 0 Å². The van der Waals surface area contributed by atoms with E-state index in [4.69, 9.17) is 9.15 Å². The van der Waals surface area contributed by atoms with Gasteiger partial charge in [-0.1, -0.05) is 6.42 Å². The predicted molar refractivity (Wildman–Crippen MR) is 103 cm³/mol. The Labute approximate surface area is 169 Å². The Bertz CT molecular complexity index is 979. The standard InChI is InChI=1S/C20H23NO7S/c1-14-5-3-4-12-21(14)29(24,25)17-9-6-15(7-10-17)19(22)27-13-16-8-11-18(28-16)20(23)26-2/h6-11,14H,3-5,12-13H2,1-2H3/t14-/m1/s1. The molecule has 1 aromatic carbocycles. The molecule has 0 unspecified atom stereocenters. The molecule has 0 N–H and O–H groups in total. The predicted octanol–water partition coefficient (Wildman–Crippen LogP) is 2.99. The van der Waals surface area contributed by atoms with Crippen molar-refractivity contribution in [3.63, 3.8) is 0 Å². The van der Waals surface area contributed by atoms with Crippen LogP contribution in [0, 0.1) is 0 Å². The van der Waals surface area contributed by atoms with Crippen molar-refractivity contribution in [1.29, 1.82) is 0 Å². The molecule has 1 aliphatic heterocycles. The van der Waals surface area contributed by atoms with Gasteiger partial charge in [0.05, 0.1) is 17.6 Å². The fourth-order valence-corrected chi connectivity index (χ4v) is 4.91. The van der Waals surface area contributed by atoms with Crippen molar-refractivity contribution in [3.8, 4) is 0 Å². The van der Waals surface area contributed by atoms with Gasteiger partial charge in [0.1, 0.15) is 12.4 Å². The van der Waals surface area contributed by atoms with Crippen LogP contribution < -0.4 is 0 Å². The van der Waals surface area contributed by atoms with E-state index in [2.05, 4.69) is 4.74 Å². The zero-order valence-corrected chi connectivity index (χ0v) is 17.1. The molecule has 1 aromatic heterocycles. The van der Waals surface area contributed by atoms with E-state index >= 15 is 0 Å². The van der Waals surface area contributed by atoms with Crippen LogP contribution in [0.15, 0.2) is 45.7 Å². The Hall–Kier alpha value is -2.65. The van der Waals surface area contributed by atoms with Crippen LogP contribution in [0.1, 0.15) is 52.9 Å². The number of ether oxygens (including phenoxy) is 2. The first-order chi connectivity index (χ1) is 13.8. The third-order valence-electron chi connectivity index (χ3n) is 4.83. The van der Waals surface area contributed by atoms with Gasteiger partial charge in [0.25, 0.3) is 0 Å². The molecule has 29 heavy (non-hydrogen) atoms. The molecule has 0 spiro atoms. The lowest BCUT2D eigenvalue weighted by molar-refractivity contribution is 0.0438. The molecular formula is C20H23NO7S. The first-order valence-corrected chi connectivity index (χ1v) is 10.7. The highest BCUT2D eigenvalue weighted by Gasteiger charge is 2.31. The van der Waals surface area contributed by atoms with E-state index in [0.717, 1.165) is 19.3 Å². The van der Waals surface area contributed by atoms with Crippen LogP contribution in [0.5, 0.6) is 0 Å². The molecule has 156 valence electrons. The summed E-state index contributed by atoms with van der Waals surface area (Å²) in [5.41, 5.74) is 0.218. The number of carbonyl (C=O) groups excluding carboxylic acids is 2. The number of methoxy groups -OCH3 is 1. The molecule has 2 heterocycles. The number of hydrogen-bond donors (Lipinski definition) is 0. The van der Waals surface area contributed by atoms with E-state index in [9.17, 15) is 18.0 Å². The summed E-state index contributed by atoms with van der Waals surface area (Å²) in [6.07, 6.45) is 2.71. The molecule has 9 heteroatoms. The van der Waals surface area contributed by atoms with Crippen molar-refractivity contribution in [2.75, 3.05) is 13.7 Å².